The summed E-state index contributed by atoms with van der Waals surface area (Å²) >= 11 is 0. The lowest BCUT2D eigenvalue weighted by molar-refractivity contribution is -0.139. The average Bonchev–Trinajstić information content (AvgIpc) is 2.67. The third-order valence-corrected chi connectivity index (χ3v) is 3.62. The number of fused-ring (bicyclic) bond motifs is 3. The highest BCUT2D eigenvalue weighted by molar-refractivity contribution is 5.95. The Morgan fingerprint density at radius 3 is 2.73 bits per heavy atom. The molecule has 2 aliphatic rings. The van der Waals surface area contributed by atoms with Crippen LogP contribution < -0.4 is 5.32 Å². The molecule has 0 unspecified atom stereocenters. The van der Waals surface area contributed by atoms with Crippen molar-refractivity contribution in [2.24, 2.45) is 0 Å². The highest BCUT2D eigenvalue weighted by Gasteiger charge is 2.37. The normalized spacial score (nSPS) is 18.4. The Bertz CT molecular complexity index is 611. The summed E-state index contributed by atoms with van der Waals surface area (Å²) in [6, 6.07) is 0. The topological polar surface area (TPSA) is 50.2 Å². The zero-order valence-corrected chi connectivity index (χ0v) is 12.6. The van der Waals surface area contributed by atoms with Crippen LogP contribution in [-0.2, 0) is 19.5 Å². The lowest BCUT2D eigenvalue weighted by Crippen LogP contribution is -2.40. The van der Waals surface area contributed by atoms with Crippen molar-refractivity contribution in [3.05, 3.63) is 29.1 Å². The van der Waals surface area contributed by atoms with E-state index in [0.29, 0.717) is 24.1 Å². The molecule has 1 amide bonds. The molecule has 0 fully saturated rings. The van der Waals surface area contributed by atoms with Crippen LogP contribution in [0.3, 0.4) is 0 Å². The van der Waals surface area contributed by atoms with E-state index < -0.39 is 18.6 Å². The van der Waals surface area contributed by atoms with Gasteiger partial charge in [-0.25, -0.2) is 0 Å². The van der Waals surface area contributed by atoms with Gasteiger partial charge in [-0.15, -0.1) is 12.4 Å². The van der Waals surface area contributed by atoms with Crippen LogP contribution in [0.5, 0.6) is 0 Å². The summed E-state index contributed by atoms with van der Waals surface area (Å²) in [4.78, 5) is 13.3. The average molecular weight is 337 g/mol. The first-order valence-electron chi connectivity index (χ1n) is 6.67. The summed E-state index contributed by atoms with van der Waals surface area (Å²) in [5.41, 5.74) is 2.31. The fraction of sp³-hybridized carbons (Fsp3) is 0.538. The van der Waals surface area contributed by atoms with Gasteiger partial charge in [0.15, 0.2) is 0 Å². The molecule has 5 nitrogen and oxygen atoms in total. The maximum atomic E-state index is 12.7. The molecular weight excluding hydrogens is 321 g/mol. The number of hydrogen-bond donors (Lipinski definition) is 1. The third kappa shape index (κ3) is 3.12. The van der Waals surface area contributed by atoms with Gasteiger partial charge in [-0.2, -0.15) is 18.3 Å². The first-order valence-corrected chi connectivity index (χ1v) is 6.67. The summed E-state index contributed by atoms with van der Waals surface area (Å²) in [5.74, 6) is -0.622. The van der Waals surface area contributed by atoms with Crippen LogP contribution in [-0.4, -0.2) is 46.4 Å². The molecule has 0 bridgehead atoms. The van der Waals surface area contributed by atoms with Gasteiger partial charge in [0.05, 0.1) is 12.2 Å². The zero-order chi connectivity index (χ0) is 15.2. The molecule has 0 aromatic carbocycles. The second-order valence-corrected chi connectivity index (χ2v) is 5.38. The van der Waals surface area contributed by atoms with Crippen molar-refractivity contribution in [1.82, 2.24) is 20.0 Å². The van der Waals surface area contributed by atoms with Crippen molar-refractivity contribution < 1.29 is 18.0 Å². The quantitative estimate of drug-likeness (QED) is 0.791. The van der Waals surface area contributed by atoms with E-state index in [4.69, 9.17) is 0 Å². The van der Waals surface area contributed by atoms with Gasteiger partial charge in [0, 0.05) is 31.6 Å². The Hall–Kier alpha value is -1.54. The largest absolute Gasteiger partial charge is 0.406 e. The fourth-order valence-electron chi connectivity index (χ4n) is 2.81. The van der Waals surface area contributed by atoms with Crippen molar-refractivity contribution in [2.45, 2.75) is 25.7 Å². The van der Waals surface area contributed by atoms with E-state index in [0.717, 1.165) is 17.1 Å². The number of halogens is 4. The molecule has 0 saturated carbocycles. The van der Waals surface area contributed by atoms with Crippen LogP contribution in [0, 0.1) is 0 Å². The van der Waals surface area contributed by atoms with Crippen molar-refractivity contribution in [3.63, 3.8) is 0 Å². The first-order chi connectivity index (χ1) is 9.85. The number of carbonyl (C=O) groups is 1. The van der Waals surface area contributed by atoms with Crippen LogP contribution in [0.4, 0.5) is 13.2 Å². The van der Waals surface area contributed by atoms with Crippen LogP contribution in [0.1, 0.15) is 21.7 Å². The molecule has 3 rings (SSSR count). The van der Waals surface area contributed by atoms with Gasteiger partial charge in [0.1, 0.15) is 12.2 Å². The highest BCUT2D eigenvalue weighted by atomic mass is 35.5. The van der Waals surface area contributed by atoms with E-state index in [9.17, 15) is 18.0 Å². The third-order valence-electron chi connectivity index (χ3n) is 3.62. The maximum absolute atomic E-state index is 12.7. The number of hydrogen-bond acceptors (Lipinski definition) is 3. The summed E-state index contributed by atoms with van der Waals surface area (Å²) in [6.45, 7) is 3.89. The van der Waals surface area contributed by atoms with Gasteiger partial charge in [-0.1, -0.05) is 6.58 Å². The lowest BCUT2D eigenvalue weighted by Gasteiger charge is -2.23. The molecule has 2 aliphatic heterocycles. The van der Waals surface area contributed by atoms with Crippen LogP contribution in [0.15, 0.2) is 12.2 Å². The van der Waals surface area contributed by atoms with Gasteiger partial charge in [-0.05, 0) is 5.57 Å². The minimum Gasteiger partial charge on any atom is -0.324 e. The molecule has 1 aromatic heterocycles. The number of rotatable bonds is 1. The van der Waals surface area contributed by atoms with E-state index >= 15 is 0 Å². The molecule has 22 heavy (non-hydrogen) atoms. The van der Waals surface area contributed by atoms with Crippen molar-refractivity contribution in [3.8, 4) is 0 Å². The summed E-state index contributed by atoms with van der Waals surface area (Å²) < 4.78 is 39.5. The van der Waals surface area contributed by atoms with Crippen molar-refractivity contribution in [1.29, 1.82) is 0 Å². The predicted molar refractivity (Wildman–Crippen MR) is 76.0 cm³/mol. The molecule has 0 atom stereocenters. The number of amides is 1. The van der Waals surface area contributed by atoms with E-state index in [1.165, 1.54) is 4.68 Å². The molecule has 9 heteroatoms. The van der Waals surface area contributed by atoms with Crippen LogP contribution >= 0.6 is 12.4 Å². The Morgan fingerprint density at radius 1 is 1.32 bits per heavy atom. The second-order valence-electron chi connectivity index (χ2n) is 5.38. The molecule has 122 valence electrons. The predicted octanol–water partition coefficient (Wildman–Crippen LogP) is 1.52. The highest BCUT2D eigenvalue weighted by Crippen LogP contribution is 2.26. The van der Waals surface area contributed by atoms with Crippen molar-refractivity contribution >= 4 is 18.3 Å². The number of aromatic nitrogens is 2. The summed E-state index contributed by atoms with van der Waals surface area (Å²) in [7, 11) is 0. The van der Waals surface area contributed by atoms with Gasteiger partial charge >= 0.3 is 6.18 Å². The first kappa shape index (κ1) is 16.8. The number of alkyl halides is 3. The Morgan fingerprint density at radius 2 is 2.05 bits per heavy atom. The molecular formula is C13H16ClF3N4O. The fourth-order valence-corrected chi connectivity index (χ4v) is 2.81. The SMILES string of the molecule is C=C1CN(CC(F)(F)F)C(=O)c2c3c(nn2C1)CCNC3.Cl. The lowest BCUT2D eigenvalue weighted by atomic mass is 10.1. The van der Waals surface area contributed by atoms with Gasteiger partial charge < -0.3 is 10.2 Å². The molecule has 0 spiro atoms. The maximum Gasteiger partial charge on any atom is 0.406 e. The number of nitrogens with one attached hydrogen (secondary N) is 1. The van der Waals surface area contributed by atoms with Crippen LogP contribution in [0.25, 0.3) is 0 Å². The van der Waals surface area contributed by atoms with Gasteiger partial charge in [0.2, 0.25) is 0 Å². The van der Waals surface area contributed by atoms with Crippen molar-refractivity contribution in [2.75, 3.05) is 19.6 Å². The molecule has 1 N–H and O–H groups in total. The molecule has 3 heterocycles. The van der Waals surface area contributed by atoms with E-state index in [1.807, 2.05) is 0 Å². The minimum atomic E-state index is -4.43. The Kier molecular flexibility index (Phi) is 4.53. The molecule has 0 saturated heterocycles. The number of carbonyl (C=O) groups excluding carboxylic acids is 1. The minimum absolute atomic E-state index is 0. The van der Waals surface area contributed by atoms with E-state index in [1.54, 1.807) is 0 Å². The smallest absolute Gasteiger partial charge is 0.324 e. The van der Waals surface area contributed by atoms with Gasteiger partial charge in [0.25, 0.3) is 5.91 Å². The van der Waals surface area contributed by atoms with Crippen LogP contribution in [0.2, 0.25) is 0 Å². The zero-order valence-electron chi connectivity index (χ0n) is 11.7. The second kappa shape index (κ2) is 5.92. The Labute approximate surface area is 131 Å². The van der Waals surface area contributed by atoms with E-state index in [-0.39, 0.29) is 31.2 Å². The number of nitrogens with zero attached hydrogens (tertiary/aromatic N) is 3. The summed E-state index contributed by atoms with van der Waals surface area (Å²) in [5, 5.41) is 7.49. The molecule has 1 aromatic rings. The van der Waals surface area contributed by atoms with E-state index in [2.05, 4.69) is 17.0 Å². The summed E-state index contributed by atoms with van der Waals surface area (Å²) in [6.07, 6.45) is -3.75. The monoisotopic (exact) mass is 336 g/mol. The van der Waals surface area contributed by atoms with Gasteiger partial charge in [-0.3, -0.25) is 9.48 Å². The Balaban J connectivity index is 0.00000176. The molecule has 0 aliphatic carbocycles. The molecule has 0 radical (unpaired) electrons. The standard InChI is InChI=1S/C13H15F3N4O.ClH/c1-8-5-19(7-13(14,15)16)12(21)11-9-4-17-3-2-10(9)18-20(11)6-8;/h17H,1-7H2;1H.